The molecule has 86 valence electrons. The van der Waals surface area contributed by atoms with E-state index in [1.807, 2.05) is 6.07 Å². The molecule has 0 aliphatic rings. The molecule has 0 unspecified atom stereocenters. The highest BCUT2D eigenvalue weighted by Crippen LogP contribution is 2.18. The Hall–Kier alpha value is -2.23. The number of aliphatic imine (C=N–C) groups is 1. The molecule has 2 nitrogen and oxygen atoms in total. The highest BCUT2D eigenvalue weighted by molar-refractivity contribution is 5.98. The quantitative estimate of drug-likeness (QED) is 0.627. The second kappa shape index (κ2) is 4.74. The van der Waals surface area contributed by atoms with Crippen molar-refractivity contribution in [2.24, 2.45) is 10.7 Å². The standard InChI is InChI=1S/C13H10F2N2/c14-10-6-7-12(11(15)8-10)17-13(16)9-4-2-1-3-5-9/h1-8H,(H2,16,17). The maximum atomic E-state index is 13.3. The predicted octanol–water partition coefficient (Wildman–Crippen LogP) is 3.00. The first-order valence-electron chi connectivity index (χ1n) is 5.01. The summed E-state index contributed by atoms with van der Waals surface area (Å²) in [5.74, 6) is -1.18. The van der Waals surface area contributed by atoms with Gasteiger partial charge in [0.25, 0.3) is 0 Å². The molecule has 0 bridgehead atoms. The molecule has 0 heterocycles. The van der Waals surface area contributed by atoms with E-state index in [-0.39, 0.29) is 11.5 Å². The Labute approximate surface area is 97.4 Å². The lowest BCUT2D eigenvalue weighted by molar-refractivity contribution is 0.585. The molecule has 0 saturated heterocycles. The van der Waals surface area contributed by atoms with Crippen molar-refractivity contribution in [3.8, 4) is 0 Å². The van der Waals surface area contributed by atoms with Gasteiger partial charge in [-0.3, -0.25) is 0 Å². The molecule has 2 rings (SSSR count). The van der Waals surface area contributed by atoms with E-state index in [2.05, 4.69) is 4.99 Å². The van der Waals surface area contributed by atoms with Gasteiger partial charge in [0.2, 0.25) is 0 Å². The molecule has 2 aromatic carbocycles. The lowest BCUT2D eigenvalue weighted by Crippen LogP contribution is -2.12. The molecular formula is C13H10F2N2. The molecule has 0 spiro atoms. The van der Waals surface area contributed by atoms with E-state index in [1.165, 1.54) is 6.07 Å². The van der Waals surface area contributed by atoms with Gasteiger partial charge < -0.3 is 5.73 Å². The smallest absolute Gasteiger partial charge is 0.151 e. The van der Waals surface area contributed by atoms with Crippen LogP contribution in [0, 0.1) is 11.6 Å². The summed E-state index contributed by atoms with van der Waals surface area (Å²) in [5.41, 5.74) is 6.44. The van der Waals surface area contributed by atoms with E-state index in [4.69, 9.17) is 5.73 Å². The summed E-state index contributed by atoms with van der Waals surface area (Å²) in [6.07, 6.45) is 0. The van der Waals surface area contributed by atoms with Crippen molar-refractivity contribution >= 4 is 11.5 Å². The fraction of sp³-hybridized carbons (Fsp3) is 0. The van der Waals surface area contributed by atoms with Crippen LogP contribution in [0.4, 0.5) is 14.5 Å². The Morgan fingerprint density at radius 2 is 1.71 bits per heavy atom. The molecule has 0 aliphatic carbocycles. The number of amidine groups is 1. The van der Waals surface area contributed by atoms with Crippen LogP contribution >= 0.6 is 0 Å². The van der Waals surface area contributed by atoms with E-state index in [1.54, 1.807) is 24.3 Å². The Balaban J connectivity index is 2.36. The third kappa shape index (κ3) is 2.66. The third-order valence-electron chi connectivity index (χ3n) is 2.22. The average molecular weight is 232 g/mol. The summed E-state index contributed by atoms with van der Waals surface area (Å²) in [6, 6.07) is 12.1. The summed E-state index contributed by atoms with van der Waals surface area (Å²) in [5, 5.41) is 0. The van der Waals surface area contributed by atoms with E-state index in [9.17, 15) is 8.78 Å². The molecule has 0 aromatic heterocycles. The zero-order valence-electron chi connectivity index (χ0n) is 8.90. The average Bonchev–Trinajstić information content (AvgIpc) is 2.34. The van der Waals surface area contributed by atoms with Gasteiger partial charge in [0.1, 0.15) is 17.3 Å². The molecule has 17 heavy (non-hydrogen) atoms. The molecule has 0 aliphatic heterocycles. The van der Waals surface area contributed by atoms with Crippen molar-refractivity contribution in [1.29, 1.82) is 0 Å². The van der Waals surface area contributed by atoms with Gasteiger partial charge >= 0.3 is 0 Å². The minimum absolute atomic E-state index is 0.0211. The van der Waals surface area contributed by atoms with Gasteiger partial charge in [-0.1, -0.05) is 30.3 Å². The zero-order valence-corrected chi connectivity index (χ0v) is 8.90. The Kier molecular flexibility index (Phi) is 3.14. The second-order valence-electron chi connectivity index (χ2n) is 3.46. The maximum absolute atomic E-state index is 13.3. The van der Waals surface area contributed by atoms with Gasteiger partial charge in [-0.25, -0.2) is 13.8 Å². The zero-order chi connectivity index (χ0) is 12.3. The molecular weight excluding hydrogens is 222 g/mol. The van der Waals surface area contributed by atoms with Gasteiger partial charge in [-0.05, 0) is 12.1 Å². The second-order valence-corrected chi connectivity index (χ2v) is 3.46. The fourth-order valence-electron chi connectivity index (χ4n) is 1.38. The van der Waals surface area contributed by atoms with E-state index in [0.717, 1.165) is 12.1 Å². The van der Waals surface area contributed by atoms with Crippen LogP contribution in [0.3, 0.4) is 0 Å². The van der Waals surface area contributed by atoms with Crippen LogP contribution in [-0.4, -0.2) is 5.84 Å². The molecule has 0 amide bonds. The topological polar surface area (TPSA) is 38.4 Å². The number of nitrogens with zero attached hydrogens (tertiary/aromatic N) is 1. The first-order chi connectivity index (χ1) is 8.16. The van der Waals surface area contributed by atoms with E-state index >= 15 is 0 Å². The summed E-state index contributed by atoms with van der Waals surface area (Å²) in [7, 11) is 0. The minimum Gasteiger partial charge on any atom is -0.383 e. The van der Waals surface area contributed by atoms with E-state index in [0.29, 0.717) is 5.56 Å². The molecule has 0 saturated carbocycles. The third-order valence-corrected chi connectivity index (χ3v) is 2.22. The number of hydrogen-bond acceptors (Lipinski definition) is 1. The predicted molar refractivity (Wildman–Crippen MR) is 63.2 cm³/mol. The SMILES string of the molecule is NC(=Nc1ccc(F)cc1F)c1ccccc1. The van der Waals surface area contributed by atoms with Crippen molar-refractivity contribution < 1.29 is 8.78 Å². The summed E-state index contributed by atoms with van der Waals surface area (Å²) < 4.78 is 26.0. The van der Waals surface area contributed by atoms with Crippen molar-refractivity contribution in [2.45, 2.75) is 0 Å². The molecule has 0 radical (unpaired) electrons. The van der Waals surface area contributed by atoms with Gasteiger partial charge in [0.15, 0.2) is 5.82 Å². The van der Waals surface area contributed by atoms with Crippen LogP contribution in [0.15, 0.2) is 53.5 Å². The molecule has 2 N–H and O–H groups in total. The molecule has 2 aromatic rings. The van der Waals surface area contributed by atoms with Crippen LogP contribution in [0.5, 0.6) is 0 Å². The van der Waals surface area contributed by atoms with Crippen LogP contribution in [0.2, 0.25) is 0 Å². The van der Waals surface area contributed by atoms with Crippen molar-refractivity contribution in [3.63, 3.8) is 0 Å². The normalized spacial score (nSPS) is 11.5. The summed E-state index contributed by atoms with van der Waals surface area (Å²) in [6.45, 7) is 0. The highest BCUT2D eigenvalue weighted by Gasteiger charge is 2.04. The van der Waals surface area contributed by atoms with Crippen LogP contribution in [0.25, 0.3) is 0 Å². The first kappa shape index (κ1) is 11.3. The van der Waals surface area contributed by atoms with Gasteiger partial charge in [0, 0.05) is 11.6 Å². The number of rotatable bonds is 2. The van der Waals surface area contributed by atoms with Crippen LogP contribution in [-0.2, 0) is 0 Å². The van der Waals surface area contributed by atoms with Crippen LogP contribution in [0.1, 0.15) is 5.56 Å². The largest absolute Gasteiger partial charge is 0.383 e. The van der Waals surface area contributed by atoms with Crippen molar-refractivity contribution in [3.05, 3.63) is 65.7 Å². The van der Waals surface area contributed by atoms with Gasteiger partial charge in [-0.2, -0.15) is 0 Å². The van der Waals surface area contributed by atoms with Gasteiger partial charge in [-0.15, -0.1) is 0 Å². The van der Waals surface area contributed by atoms with Gasteiger partial charge in [0.05, 0.1) is 0 Å². The lowest BCUT2D eigenvalue weighted by Gasteiger charge is -2.01. The van der Waals surface area contributed by atoms with Crippen molar-refractivity contribution in [1.82, 2.24) is 0 Å². The van der Waals surface area contributed by atoms with Crippen LogP contribution < -0.4 is 5.73 Å². The fourth-order valence-corrected chi connectivity index (χ4v) is 1.38. The monoisotopic (exact) mass is 232 g/mol. The molecule has 0 fully saturated rings. The number of benzene rings is 2. The Bertz CT molecular complexity index is 551. The van der Waals surface area contributed by atoms with Crippen molar-refractivity contribution in [2.75, 3.05) is 0 Å². The number of halogens is 2. The molecule has 0 atom stereocenters. The van der Waals surface area contributed by atoms with E-state index < -0.39 is 11.6 Å². The molecule has 4 heteroatoms. The summed E-state index contributed by atoms with van der Waals surface area (Å²) >= 11 is 0. The Morgan fingerprint density at radius 3 is 2.35 bits per heavy atom. The number of hydrogen-bond donors (Lipinski definition) is 1. The maximum Gasteiger partial charge on any atom is 0.151 e. The number of nitrogens with two attached hydrogens (primary N) is 1. The minimum atomic E-state index is -0.733. The lowest BCUT2D eigenvalue weighted by atomic mass is 10.2. The Morgan fingerprint density at radius 1 is 1.00 bits per heavy atom. The first-order valence-corrected chi connectivity index (χ1v) is 5.01. The summed E-state index contributed by atoms with van der Waals surface area (Å²) in [4.78, 5) is 3.92. The highest BCUT2D eigenvalue weighted by atomic mass is 19.1.